The Balaban J connectivity index is 1.04. The van der Waals surface area contributed by atoms with Gasteiger partial charge in [-0.1, -0.05) is 121 Å². The van der Waals surface area contributed by atoms with Crippen molar-refractivity contribution in [3.05, 3.63) is 182 Å². The van der Waals surface area contributed by atoms with E-state index in [0.717, 1.165) is 82.9 Å². The summed E-state index contributed by atoms with van der Waals surface area (Å²) < 4.78 is 15.2. The molecule has 0 atom stereocenters. The molecule has 8 aromatic carbocycles. The lowest BCUT2D eigenvalue weighted by Gasteiger charge is -2.12. The Bertz CT molecular complexity index is 3530. The highest BCUT2D eigenvalue weighted by molar-refractivity contribution is 6.19. The maximum absolute atomic E-state index is 6.68. The van der Waals surface area contributed by atoms with Crippen LogP contribution in [-0.2, 0) is 0 Å². The smallest absolute Gasteiger partial charge is 0.164 e. The van der Waals surface area contributed by atoms with Gasteiger partial charge in [-0.25, -0.2) is 15.0 Å². The lowest BCUT2D eigenvalue weighted by atomic mass is 9.97. The zero-order valence-corrected chi connectivity index (χ0v) is 30.4. The lowest BCUT2D eigenvalue weighted by molar-refractivity contribution is 0.668. The van der Waals surface area contributed by atoms with Gasteiger partial charge in [-0.15, -0.1) is 0 Å². The highest BCUT2D eigenvalue weighted by atomic mass is 16.3. The maximum Gasteiger partial charge on any atom is 0.164 e. The fraction of sp³-hybridized carbons (Fsp3) is 0. The predicted octanol–water partition coefficient (Wildman–Crippen LogP) is 13.4. The number of nitrogens with zero attached hydrogens (tertiary/aromatic N) is 4. The summed E-state index contributed by atoms with van der Waals surface area (Å²) >= 11 is 0. The molecular formula is C51H30N4O2. The first-order valence-corrected chi connectivity index (χ1v) is 19.0. The third-order valence-electron chi connectivity index (χ3n) is 11.1. The van der Waals surface area contributed by atoms with E-state index in [0.29, 0.717) is 17.5 Å². The summed E-state index contributed by atoms with van der Waals surface area (Å²) in [7, 11) is 0. The Kier molecular flexibility index (Phi) is 6.83. The zero-order valence-electron chi connectivity index (χ0n) is 30.4. The summed E-state index contributed by atoms with van der Waals surface area (Å²) in [6.07, 6.45) is 0. The number of furan rings is 2. The molecule has 0 aliphatic heterocycles. The van der Waals surface area contributed by atoms with Gasteiger partial charge in [0.1, 0.15) is 22.3 Å². The van der Waals surface area contributed by atoms with Gasteiger partial charge >= 0.3 is 0 Å². The van der Waals surface area contributed by atoms with Crippen LogP contribution in [0.3, 0.4) is 0 Å². The minimum atomic E-state index is 0.565. The standard InChI is InChI=1S/C51H30N4O2/c1-3-13-31(14-4-1)49-52-50(32-26-28-44-41(29-32)36-18-8-10-23-43(36)56-44)54-51(53-49)33-25-27-40-46(30-33)57-45-24-12-19-37(47(40)45)39-21-11-20-38-35-17-7-9-22-42(35)55(48(38)39)34-15-5-2-6-16-34/h1-30H. The first kappa shape index (κ1) is 31.5. The quantitative estimate of drug-likeness (QED) is 0.176. The Morgan fingerprint density at radius 2 is 0.947 bits per heavy atom. The molecule has 0 radical (unpaired) electrons. The number of rotatable bonds is 5. The van der Waals surface area contributed by atoms with Crippen molar-refractivity contribution in [1.82, 2.24) is 19.5 Å². The summed E-state index contributed by atoms with van der Waals surface area (Å²) in [5, 5.41) is 6.60. The van der Waals surface area contributed by atoms with Gasteiger partial charge in [0.25, 0.3) is 0 Å². The topological polar surface area (TPSA) is 69.9 Å². The summed E-state index contributed by atoms with van der Waals surface area (Å²) in [5.74, 6) is 1.75. The Morgan fingerprint density at radius 1 is 0.351 bits per heavy atom. The van der Waals surface area contributed by atoms with E-state index in [9.17, 15) is 0 Å². The van der Waals surface area contributed by atoms with Crippen LogP contribution in [0.1, 0.15) is 0 Å². The number of hydrogen-bond donors (Lipinski definition) is 0. The molecule has 4 heterocycles. The molecule has 0 spiro atoms. The molecule has 0 saturated heterocycles. The van der Waals surface area contributed by atoms with Crippen LogP contribution in [0.2, 0.25) is 0 Å². The van der Waals surface area contributed by atoms with Gasteiger partial charge in [-0.05, 0) is 66.2 Å². The molecule has 266 valence electrons. The third kappa shape index (κ3) is 4.94. The zero-order chi connectivity index (χ0) is 37.5. The fourth-order valence-corrected chi connectivity index (χ4v) is 8.49. The second-order valence-corrected chi connectivity index (χ2v) is 14.4. The largest absolute Gasteiger partial charge is 0.456 e. The molecule has 0 amide bonds. The Morgan fingerprint density at radius 3 is 1.79 bits per heavy atom. The number of benzene rings is 8. The molecule has 0 bridgehead atoms. The number of aromatic nitrogens is 4. The molecule has 12 rings (SSSR count). The molecule has 6 heteroatoms. The molecule has 0 N–H and O–H groups in total. The maximum atomic E-state index is 6.68. The van der Waals surface area contributed by atoms with Crippen LogP contribution in [0.25, 0.3) is 117 Å². The van der Waals surface area contributed by atoms with Crippen molar-refractivity contribution in [2.75, 3.05) is 0 Å². The molecule has 0 fully saturated rings. The SMILES string of the molecule is c1ccc(-c2nc(-c3ccc4c(c3)oc3cccc(-c5cccc6c7ccccc7n(-c7ccccc7)c56)c34)nc(-c3ccc4oc5ccccc5c4c3)n2)cc1. The predicted molar refractivity (Wildman–Crippen MR) is 230 cm³/mol. The first-order valence-electron chi connectivity index (χ1n) is 19.0. The average Bonchev–Trinajstić information content (AvgIpc) is 3.96. The van der Waals surface area contributed by atoms with E-state index in [-0.39, 0.29) is 0 Å². The van der Waals surface area contributed by atoms with Crippen LogP contribution in [0.15, 0.2) is 191 Å². The molecule has 12 aromatic rings. The molecule has 0 saturated carbocycles. The van der Waals surface area contributed by atoms with Crippen molar-refractivity contribution in [3.63, 3.8) is 0 Å². The van der Waals surface area contributed by atoms with Gasteiger partial charge in [0.2, 0.25) is 0 Å². The normalized spacial score (nSPS) is 11.9. The monoisotopic (exact) mass is 730 g/mol. The van der Waals surface area contributed by atoms with Gasteiger partial charge in [-0.2, -0.15) is 0 Å². The minimum absolute atomic E-state index is 0.565. The van der Waals surface area contributed by atoms with Gasteiger partial charge in [0, 0.05) is 60.3 Å². The van der Waals surface area contributed by atoms with Crippen molar-refractivity contribution in [3.8, 4) is 51.0 Å². The summed E-state index contributed by atoms with van der Waals surface area (Å²) in [6, 6.07) is 62.7. The van der Waals surface area contributed by atoms with Crippen LogP contribution < -0.4 is 0 Å². The first-order chi connectivity index (χ1) is 28.2. The van der Waals surface area contributed by atoms with Crippen LogP contribution in [0.5, 0.6) is 0 Å². The van der Waals surface area contributed by atoms with Crippen LogP contribution in [0.4, 0.5) is 0 Å². The highest BCUT2D eigenvalue weighted by Crippen LogP contribution is 2.43. The second-order valence-electron chi connectivity index (χ2n) is 14.4. The van der Waals surface area contributed by atoms with E-state index in [1.165, 1.54) is 16.3 Å². The van der Waals surface area contributed by atoms with E-state index in [1.54, 1.807) is 0 Å². The molecule has 0 unspecified atom stereocenters. The van der Waals surface area contributed by atoms with Crippen molar-refractivity contribution >= 4 is 65.7 Å². The Labute approximate surface area is 325 Å². The fourth-order valence-electron chi connectivity index (χ4n) is 8.49. The number of hydrogen-bond acceptors (Lipinski definition) is 5. The van der Waals surface area contributed by atoms with Gasteiger partial charge in [0.05, 0.1) is 11.0 Å². The second kappa shape index (κ2) is 12.3. The third-order valence-corrected chi connectivity index (χ3v) is 11.1. The van der Waals surface area contributed by atoms with Crippen molar-refractivity contribution < 1.29 is 8.83 Å². The molecule has 57 heavy (non-hydrogen) atoms. The molecule has 6 nitrogen and oxygen atoms in total. The van der Waals surface area contributed by atoms with Gasteiger partial charge in [0.15, 0.2) is 17.5 Å². The van der Waals surface area contributed by atoms with E-state index < -0.39 is 0 Å². The van der Waals surface area contributed by atoms with Crippen LogP contribution in [0, 0.1) is 0 Å². The highest BCUT2D eigenvalue weighted by Gasteiger charge is 2.21. The summed E-state index contributed by atoms with van der Waals surface area (Å²) in [5.41, 5.74) is 11.6. The number of para-hydroxylation sites is 4. The van der Waals surface area contributed by atoms with Crippen molar-refractivity contribution in [2.24, 2.45) is 0 Å². The van der Waals surface area contributed by atoms with Crippen molar-refractivity contribution in [1.29, 1.82) is 0 Å². The van der Waals surface area contributed by atoms with Crippen LogP contribution in [-0.4, -0.2) is 19.5 Å². The average molecular weight is 731 g/mol. The molecule has 4 aromatic heterocycles. The molecule has 0 aliphatic rings. The Hall–Kier alpha value is -7.83. The van der Waals surface area contributed by atoms with E-state index in [2.05, 4.69) is 126 Å². The summed E-state index contributed by atoms with van der Waals surface area (Å²) in [4.78, 5) is 15.1. The molecule has 0 aliphatic carbocycles. The van der Waals surface area contributed by atoms with Crippen LogP contribution >= 0.6 is 0 Å². The number of fused-ring (bicyclic) bond motifs is 9. The van der Waals surface area contributed by atoms with E-state index in [1.807, 2.05) is 60.7 Å². The van der Waals surface area contributed by atoms with Gasteiger partial charge < -0.3 is 13.4 Å². The molecular weight excluding hydrogens is 701 g/mol. The lowest BCUT2D eigenvalue weighted by Crippen LogP contribution is -2.00. The van der Waals surface area contributed by atoms with E-state index in [4.69, 9.17) is 23.8 Å². The van der Waals surface area contributed by atoms with Crippen molar-refractivity contribution in [2.45, 2.75) is 0 Å². The summed E-state index contributed by atoms with van der Waals surface area (Å²) in [6.45, 7) is 0. The van der Waals surface area contributed by atoms with E-state index >= 15 is 0 Å². The minimum Gasteiger partial charge on any atom is -0.456 e. The van der Waals surface area contributed by atoms with Gasteiger partial charge in [-0.3, -0.25) is 0 Å².